The summed E-state index contributed by atoms with van der Waals surface area (Å²) in [5.74, 6) is 1.30. The molecule has 0 aromatic heterocycles. The number of aryl methyl sites for hydroxylation is 1. The van der Waals surface area contributed by atoms with Crippen LogP contribution in [0.5, 0.6) is 5.75 Å². The second-order valence-corrected chi connectivity index (χ2v) is 5.48. The lowest BCUT2D eigenvalue weighted by molar-refractivity contribution is 0.0600. The Bertz CT molecular complexity index is 448. The van der Waals surface area contributed by atoms with Crippen molar-refractivity contribution >= 4 is 5.97 Å². The first kappa shape index (κ1) is 14.9. The van der Waals surface area contributed by atoms with E-state index in [0.29, 0.717) is 11.5 Å². The number of carbonyl (C=O) groups excluding carboxylic acids is 1. The highest BCUT2D eigenvalue weighted by Gasteiger charge is 2.15. The van der Waals surface area contributed by atoms with Crippen LogP contribution in [0.1, 0.15) is 54.9 Å². The molecule has 1 saturated carbocycles. The Morgan fingerprint density at radius 1 is 1.25 bits per heavy atom. The zero-order chi connectivity index (χ0) is 14.4. The molecule has 0 bridgehead atoms. The second kappa shape index (κ2) is 7.32. The van der Waals surface area contributed by atoms with Gasteiger partial charge >= 0.3 is 5.97 Å². The molecule has 2 rings (SSSR count). The van der Waals surface area contributed by atoms with Crippen molar-refractivity contribution in [3.8, 4) is 5.75 Å². The van der Waals surface area contributed by atoms with Gasteiger partial charge in [-0.25, -0.2) is 4.79 Å². The highest BCUT2D eigenvalue weighted by atomic mass is 16.5. The Balaban J connectivity index is 2.01. The van der Waals surface area contributed by atoms with Gasteiger partial charge in [0.2, 0.25) is 0 Å². The number of esters is 1. The average Bonchev–Trinajstić information content (AvgIpc) is 2.53. The molecule has 3 nitrogen and oxygen atoms in total. The number of ether oxygens (including phenoxy) is 2. The van der Waals surface area contributed by atoms with Crippen LogP contribution in [0, 0.1) is 5.92 Å². The van der Waals surface area contributed by atoms with E-state index in [1.165, 1.54) is 39.2 Å². The first-order chi connectivity index (χ1) is 9.74. The Kier molecular flexibility index (Phi) is 5.45. The normalized spacial score (nSPS) is 15.9. The van der Waals surface area contributed by atoms with Gasteiger partial charge in [0.15, 0.2) is 0 Å². The molecule has 0 atom stereocenters. The summed E-state index contributed by atoms with van der Waals surface area (Å²) in [5, 5.41) is 0. The van der Waals surface area contributed by atoms with Gasteiger partial charge in [-0.2, -0.15) is 0 Å². The van der Waals surface area contributed by atoms with Crippen molar-refractivity contribution in [1.29, 1.82) is 0 Å². The molecule has 1 aromatic rings. The molecule has 0 spiro atoms. The zero-order valence-electron chi connectivity index (χ0n) is 12.5. The Morgan fingerprint density at radius 3 is 2.65 bits per heavy atom. The summed E-state index contributed by atoms with van der Waals surface area (Å²) in [6, 6.07) is 5.55. The van der Waals surface area contributed by atoms with Crippen molar-refractivity contribution in [3.05, 3.63) is 29.3 Å². The molecule has 0 amide bonds. The predicted molar refractivity (Wildman–Crippen MR) is 79.2 cm³/mol. The average molecular weight is 276 g/mol. The van der Waals surface area contributed by atoms with E-state index in [0.717, 1.165) is 24.3 Å². The van der Waals surface area contributed by atoms with Gasteiger partial charge in [0.1, 0.15) is 5.75 Å². The summed E-state index contributed by atoms with van der Waals surface area (Å²) in [7, 11) is 1.40. The van der Waals surface area contributed by atoms with Crippen molar-refractivity contribution in [1.82, 2.24) is 0 Å². The highest BCUT2D eigenvalue weighted by Crippen LogP contribution is 2.26. The largest absolute Gasteiger partial charge is 0.493 e. The van der Waals surface area contributed by atoms with Crippen LogP contribution in [-0.2, 0) is 11.2 Å². The van der Waals surface area contributed by atoms with Crippen LogP contribution >= 0.6 is 0 Å². The van der Waals surface area contributed by atoms with Gasteiger partial charge in [0, 0.05) is 0 Å². The quantitative estimate of drug-likeness (QED) is 0.763. The summed E-state index contributed by atoms with van der Waals surface area (Å²) in [6.07, 6.45) is 7.44. The van der Waals surface area contributed by atoms with Crippen molar-refractivity contribution in [2.75, 3.05) is 13.7 Å². The fraction of sp³-hybridized carbons (Fsp3) is 0.588. The summed E-state index contributed by atoms with van der Waals surface area (Å²) in [5.41, 5.74) is 1.66. The van der Waals surface area contributed by atoms with Gasteiger partial charge in [0.25, 0.3) is 0 Å². The molecule has 0 unspecified atom stereocenters. The molecular formula is C17H24O3. The molecule has 0 saturated heterocycles. The smallest absolute Gasteiger partial charge is 0.337 e. The van der Waals surface area contributed by atoms with Gasteiger partial charge in [0.05, 0.1) is 19.3 Å². The summed E-state index contributed by atoms with van der Waals surface area (Å²) < 4.78 is 10.7. The van der Waals surface area contributed by atoms with Crippen LogP contribution in [0.4, 0.5) is 0 Å². The molecule has 0 radical (unpaired) electrons. The molecule has 3 heteroatoms. The van der Waals surface area contributed by atoms with E-state index in [2.05, 4.69) is 6.92 Å². The summed E-state index contributed by atoms with van der Waals surface area (Å²) in [4.78, 5) is 11.5. The van der Waals surface area contributed by atoms with E-state index in [4.69, 9.17) is 9.47 Å². The standard InChI is InChI=1S/C17H24O3/c1-3-14-11-15(17(18)19-2)9-10-16(14)20-12-13-7-5-4-6-8-13/h9-11,13H,3-8,12H2,1-2H3. The minimum absolute atomic E-state index is 0.293. The molecule has 20 heavy (non-hydrogen) atoms. The molecule has 1 aromatic carbocycles. The minimum atomic E-state index is -0.293. The monoisotopic (exact) mass is 276 g/mol. The topological polar surface area (TPSA) is 35.5 Å². The molecule has 0 N–H and O–H groups in total. The predicted octanol–water partition coefficient (Wildman–Crippen LogP) is 3.99. The lowest BCUT2D eigenvalue weighted by Crippen LogP contribution is -2.16. The highest BCUT2D eigenvalue weighted by molar-refractivity contribution is 5.89. The molecule has 0 aliphatic heterocycles. The number of hydrogen-bond donors (Lipinski definition) is 0. The Morgan fingerprint density at radius 2 is 2.00 bits per heavy atom. The summed E-state index contributed by atoms with van der Waals surface area (Å²) in [6.45, 7) is 2.87. The molecular weight excluding hydrogens is 252 g/mol. The third-order valence-electron chi connectivity index (χ3n) is 4.06. The van der Waals surface area contributed by atoms with Crippen molar-refractivity contribution < 1.29 is 14.3 Å². The van der Waals surface area contributed by atoms with Crippen molar-refractivity contribution in [2.45, 2.75) is 45.4 Å². The number of hydrogen-bond acceptors (Lipinski definition) is 3. The van der Waals surface area contributed by atoms with E-state index in [1.54, 1.807) is 6.07 Å². The fourth-order valence-electron chi connectivity index (χ4n) is 2.80. The third-order valence-corrected chi connectivity index (χ3v) is 4.06. The van der Waals surface area contributed by atoms with Crippen LogP contribution in [0.2, 0.25) is 0 Å². The number of benzene rings is 1. The zero-order valence-corrected chi connectivity index (χ0v) is 12.5. The second-order valence-electron chi connectivity index (χ2n) is 5.48. The molecule has 1 fully saturated rings. The Labute approximate surface area is 121 Å². The summed E-state index contributed by atoms with van der Waals surface area (Å²) >= 11 is 0. The molecule has 110 valence electrons. The number of rotatable bonds is 5. The van der Waals surface area contributed by atoms with Gasteiger partial charge in [-0.15, -0.1) is 0 Å². The van der Waals surface area contributed by atoms with Crippen LogP contribution in [0.25, 0.3) is 0 Å². The maximum Gasteiger partial charge on any atom is 0.337 e. The van der Waals surface area contributed by atoms with E-state index < -0.39 is 0 Å². The van der Waals surface area contributed by atoms with Gasteiger partial charge in [-0.05, 0) is 48.9 Å². The van der Waals surface area contributed by atoms with Gasteiger partial charge in [-0.1, -0.05) is 26.2 Å². The Hall–Kier alpha value is -1.51. The van der Waals surface area contributed by atoms with Crippen molar-refractivity contribution in [2.24, 2.45) is 5.92 Å². The number of carbonyl (C=O) groups is 1. The maximum absolute atomic E-state index is 11.5. The third kappa shape index (κ3) is 3.75. The van der Waals surface area contributed by atoms with Crippen LogP contribution in [-0.4, -0.2) is 19.7 Å². The minimum Gasteiger partial charge on any atom is -0.493 e. The van der Waals surface area contributed by atoms with Gasteiger partial charge in [-0.3, -0.25) is 0 Å². The fourth-order valence-corrected chi connectivity index (χ4v) is 2.80. The van der Waals surface area contributed by atoms with Crippen LogP contribution < -0.4 is 4.74 Å². The lowest BCUT2D eigenvalue weighted by Gasteiger charge is -2.22. The van der Waals surface area contributed by atoms with Crippen LogP contribution in [0.3, 0.4) is 0 Å². The van der Waals surface area contributed by atoms with Crippen LogP contribution in [0.15, 0.2) is 18.2 Å². The molecule has 0 heterocycles. The SMILES string of the molecule is CCc1cc(C(=O)OC)ccc1OCC1CCCCC1. The van der Waals surface area contributed by atoms with Gasteiger partial charge < -0.3 is 9.47 Å². The first-order valence-corrected chi connectivity index (χ1v) is 7.58. The lowest BCUT2D eigenvalue weighted by atomic mass is 9.90. The molecule has 1 aliphatic carbocycles. The van der Waals surface area contributed by atoms with E-state index in [1.807, 2.05) is 12.1 Å². The van der Waals surface area contributed by atoms with E-state index in [9.17, 15) is 4.79 Å². The van der Waals surface area contributed by atoms with E-state index >= 15 is 0 Å². The molecule has 1 aliphatic rings. The maximum atomic E-state index is 11.5. The van der Waals surface area contributed by atoms with E-state index in [-0.39, 0.29) is 5.97 Å². The first-order valence-electron chi connectivity index (χ1n) is 7.58. The van der Waals surface area contributed by atoms with Crippen molar-refractivity contribution in [3.63, 3.8) is 0 Å². The number of methoxy groups -OCH3 is 1.